The van der Waals surface area contributed by atoms with Crippen molar-refractivity contribution in [3.05, 3.63) is 181 Å². The highest BCUT2D eigenvalue weighted by Crippen LogP contribution is 2.51. The molecule has 0 bridgehead atoms. The fourth-order valence-corrected chi connectivity index (χ4v) is 9.70. The van der Waals surface area contributed by atoms with Gasteiger partial charge in [-0.1, -0.05) is 109 Å². The van der Waals surface area contributed by atoms with E-state index in [1.54, 1.807) is 0 Å². The van der Waals surface area contributed by atoms with Crippen molar-refractivity contribution in [2.45, 2.75) is 6.23 Å². The number of ether oxygens (including phenoxy) is 1. The van der Waals surface area contributed by atoms with E-state index >= 15 is 0 Å². The number of benzene rings is 8. The summed E-state index contributed by atoms with van der Waals surface area (Å²) in [5.74, 6) is 0.811. The number of thiophene rings is 1. The van der Waals surface area contributed by atoms with Gasteiger partial charge in [0, 0.05) is 53.3 Å². The molecule has 260 valence electrons. The second-order valence-electron chi connectivity index (χ2n) is 14.1. The maximum Gasteiger partial charge on any atom is 0.196 e. The van der Waals surface area contributed by atoms with E-state index in [0.29, 0.717) is 0 Å². The molecule has 0 radical (unpaired) electrons. The Hall–Kier alpha value is -7.02. The highest BCUT2D eigenvalue weighted by atomic mass is 32.1. The van der Waals surface area contributed by atoms with Crippen LogP contribution in [0.1, 0.15) is 11.8 Å². The summed E-state index contributed by atoms with van der Waals surface area (Å²) < 4.78 is 18.6. The summed E-state index contributed by atoms with van der Waals surface area (Å²) in [6.07, 6.45) is -0.281. The zero-order valence-electron chi connectivity index (χ0n) is 29.4. The standard InChI is InChI=1S/C49H31N3O2S/c1-3-13-30(14-4-1)49-50-38-26-27-42-45(48(38)54-49)36-20-12-23-41(47(36)53-42)51(32-25-28-44-37(29-32)34-18-8-10-24-43(34)55-44)40-22-11-19-35-33-17-7-9-21-39(33)52(46(35)40)31-15-5-2-6-16-31/h1-29,49-50H. The Morgan fingerprint density at radius 2 is 1.27 bits per heavy atom. The normalized spacial score (nSPS) is 13.9. The fourth-order valence-electron chi connectivity index (χ4n) is 8.61. The van der Waals surface area contributed by atoms with Gasteiger partial charge in [0.2, 0.25) is 0 Å². The molecule has 55 heavy (non-hydrogen) atoms. The molecule has 8 aromatic carbocycles. The summed E-state index contributed by atoms with van der Waals surface area (Å²) in [5.41, 5.74) is 10.1. The number of hydrogen-bond donors (Lipinski definition) is 1. The van der Waals surface area contributed by atoms with Crippen molar-refractivity contribution < 1.29 is 9.15 Å². The van der Waals surface area contributed by atoms with Crippen LogP contribution in [0, 0.1) is 0 Å². The third kappa shape index (κ3) is 4.52. The van der Waals surface area contributed by atoms with Gasteiger partial charge >= 0.3 is 0 Å². The third-order valence-electron chi connectivity index (χ3n) is 11.0. The van der Waals surface area contributed by atoms with Crippen LogP contribution < -0.4 is 15.0 Å². The zero-order chi connectivity index (χ0) is 36.0. The molecule has 0 saturated heterocycles. The van der Waals surface area contributed by atoms with Gasteiger partial charge in [-0.25, -0.2) is 0 Å². The average molecular weight is 726 g/mol. The largest absolute Gasteiger partial charge is 0.464 e. The van der Waals surface area contributed by atoms with E-state index in [-0.39, 0.29) is 6.23 Å². The Morgan fingerprint density at radius 1 is 0.564 bits per heavy atom. The number of rotatable bonds is 5. The van der Waals surface area contributed by atoms with E-state index < -0.39 is 0 Å². The van der Waals surface area contributed by atoms with E-state index in [9.17, 15) is 0 Å². The molecule has 12 rings (SSSR count). The van der Waals surface area contributed by atoms with E-state index in [0.717, 1.165) is 72.7 Å². The molecule has 1 unspecified atom stereocenters. The van der Waals surface area contributed by atoms with Gasteiger partial charge in [-0.2, -0.15) is 0 Å². The molecule has 1 atom stereocenters. The summed E-state index contributed by atoms with van der Waals surface area (Å²) in [6, 6.07) is 62.5. The molecular weight excluding hydrogens is 695 g/mol. The lowest BCUT2D eigenvalue weighted by Crippen LogP contribution is -2.12. The maximum atomic E-state index is 6.95. The minimum Gasteiger partial charge on any atom is -0.464 e. The molecule has 0 spiro atoms. The summed E-state index contributed by atoms with van der Waals surface area (Å²) >= 11 is 1.83. The molecule has 0 amide bonds. The first-order chi connectivity index (χ1) is 27.3. The van der Waals surface area contributed by atoms with Crippen LogP contribution in [0.25, 0.3) is 69.6 Å². The van der Waals surface area contributed by atoms with Crippen LogP contribution in [0.3, 0.4) is 0 Å². The molecule has 3 aromatic heterocycles. The lowest BCUT2D eigenvalue weighted by molar-refractivity contribution is 0.263. The quantitative estimate of drug-likeness (QED) is 0.192. The van der Waals surface area contributed by atoms with Crippen molar-refractivity contribution in [1.82, 2.24) is 4.57 Å². The molecule has 6 heteroatoms. The molecule has 0 saturated carbocycles. The lowest BCUT2D eigenvalue weighted by Gasteiger charge is -2.27. The average Bonchev–Trinajstić information content (AvgIpc) is 4.02. The molecule has 1 aliphatic rings. The van der Waals surface area contributed by atoms with Crippen LogP contribution in [0.2, 0.25) is 0 Å². The van der Waals surface area contributed by atoms with Crippen LogP contribution in [0.15, 0.2) is 180 Å². The highest BCUT2D eigenvalue weighted by Gasteiger charge is 2.30. The molecule has 11 aromatic rings. The summed E-state index contributed by atoms with van der Waals surface area (Å²) in [4.78, 5) is 2.39. The maximum absolute atomic E-state index is 6.95. The molecular formula is C49H31N3O2S. The molecule has 0 fully saturated rings. The van der Waals surface area contributed by atoms with E-state index in [1.807, 2.05) is 29.5 Å². The van der Waals surface area contributed by atoms with Crippen molar-refractivity contribution in [3.63, 3.8) is 0 Å². The van der Waals surface area contributed by atoms with Crippen molar-refractivity contribution in [3.8, 4) is 11.4 Å². The number of para-hydroxylation sites is 4. The van der Waals surface area contributed by atoms with Gasteiger partial charge in [-0.05, 0) is 66.7 Å². The molecule has 5 nitrogen and oxygen atoms in total. The van der Waals surface area contributed by atoms with Gasteiger partial charge in [-0.15, -0.1) is 11.3 Å². The monoisotopic (exact) mass is 725 g/mol. The van der Waals surface area contributed by atoms with Crippen molar-refractivity contribution in [1.29, 1.82) is 0 Å². The number of furan rings is 1. The van der Waals surface area contributed by atoms with E-state index in [2.05, 4.69) is 173 Å². The number of nitrogens with zero attached hydrogens (tertiary/aromatic N) is 2. The van der Waals surface area contributed by atoms with E-state index in [4.69, 9.17) is 9.15 Å². The Morgan fingerprint density at radius 3 is 2.15 bits per heavy atom. The Kier molecular flexibility index (Phi) is 6.50. The van der Waals surface area contributed by atoms with Crippen molar-refractivity contribution in [2.75, 3.05) is 10.2 Å². The first-order valence-electron chi connectivity index (χ1n) is 18.5. The topological polar surface area (TPSA) is 42.6 Å². The number of fused-ring (bicyclic) bond motifs is 11. The minimum absolute atomic E-state index is 0.281. The predicted octanol–water partition coefficient (Wildman–Crippen LogP) is 14.0. The second kappa shape index (κ2) is 11.7. The molecule has 0 aliphatic carbocycles. The van der Waals surface area contributed by atoms with E-state index in [1.165, 1.54) is 30.9 Å². The Bertz CT molecular complexity index is 3290. The number of nitrogens with one attached hydrogen (secondary N) is 1. The van der Waals surface area contributed by atoms with Crippen LogP contribution >= 0.6 is 11.3 Å². The molecule has 1 N–H and O–H groups in total. The highest BCUT2D eigenvalue weighted by molar-refractivity contribution is 7.25. The smallest absolute Gasteiger partial charge is 0.196 e. The van der Waals surface area contributed by atoms with Crippen LogP contribution in [-0.4, -0.2) is 4.57 Å². The summed E-state index contributed by atoms with van der Waals surface area (Å²) in [6.45, 7) is 0. The SMILES string of the molecule is c1ccc(C2Nc3ccc4oc5c(N(c6ccc7sc8ccccc8c7c6)c6cccc7c8ccccc8n(-c8ccccc8)c67)cccc5c4c3O2)cc1. The second-order valence-corrected chi connectivity index (χ2v) is 15.2. The summed E-state index contributed by atoms with van der Waals surface area (Å²) in [5, 5.41) is 10.5. The number of hydrogen-bond acceptors (Lipinski definition) is 5. The van der Waals surface area contributed by atoms with Crippen molar-refractivity contribution >= 4 is 98.0 Å². The van der Waals surface area contributed by atoms with Crippen LogP contribution in [0.4, 0.5) is 22.7 Å². The zero-order valence-corrected chi connectivity index (χ0v) is 30.3. The van der Waals surface area contributed by atoms with Crippen LogP contribution in [-0.2, 0) is 0 Å². The van der Waals surface area contributed by atoms with Gasteiger partial charge < -0.3 is 23.9 Å². The first kappa shape index (κ1) is 30.4. The van der Waals surface area contributed by atoms with Gasteiger partial charge in [0.15, 0.2) is 17.6 Å². The van der Waals surface area contributed by atoms with Crippen LogP contribution in [0.5, 0.6) is 5.75 Å². The number of anilines is 4. The minimum atomic E-state index is -0.281. The Balaban J connectivity index is 1.15. The number of aromatic nitrogens is 1. The van der Waals surface area contributed by atoms with Gasteiger partial charge in [0.1, 0.15) is 5.58 Å². The van der Waals surface area contributed by atoms with Crippen molar-refractivity contribution in [2.24, 2.45) is 0 Å². The Labute approximate surface area is 319 Å². The predicted molar refractivity (Wildman–Crippen MR) is 229 cm³/mol. The molecule has 4 heterocycles. The fraction of sp³-hybridized carbons (Fsp3) is 0.0204. The lowest BCUT2D eigenvalue weighted by atomic mass is 10.1. The molecule has 1 aliphatic heterocycles. The van der Waals surface area contributed by atoms with Gasteiger partial charge in [0.25, 0.3) is 0 Å². The van der Waals surface area contributed by atoms with Gasteiger partial charge in [0.05, 0.1) is 33.5 Å². The van der Waals surface area contributed by atoms with Gasteiger partial charge in [-0.3, -0.25) is 0 Å². The summed E-state index contributed by atoms with van der Waals surface area (Å²) in [7, 11) is 0. The first-order valence-corrected chi connectivity index (χ1v) is 19.4. The third-order valence-corrected chi connectivity index (χ3v) is 12.2.